The third kappa shape index (κ3) is 19.5. The smallest absolute Gasteiger partial charge is 0.344 e. The Bertz CT molecular complexity index is 644. The molecule has 2 N–H and O–H groups in total. The molecule has 0 saturated heterocycles. The van der Waals surface area contributed by atoms with Crippen LogP contribution >= 0.6 is 0 Å². The number of hydrogen-bond donors (Lipinski definition) is 2. The highest BCUT2D eigenvalue weighted by Gasteiger charge is 2.42. The fraction of sp³-hybridized carbons (Fsp3) is 0.862. The summed E-state index contributed by atoms with van der Waals surface area (Å²) in [6.45, 7) is 0.568. The van der Waals surface area contributed by atoms with Crippen molar-refractivity contribution in [3.05, 3.63) is 0 Å². The molecule has 0 rings (SSSR count). The van der Waals surface area contributed by atoms with Crippen molar-refractivity contribution in [2.24, 2.45) is 5.41 Å². The number of carbonyl (C=O) groups is 4. The Hall–Kier alpha value is -2.20. The van der Waals surface area contributed by atoms with Gasteiger partial charge in [-0.05, 0) is 12.8 Å². The van der Waals surface area contributed by atoms with Gasteiger partial charge in [0, 0.05) is 0 Å². The van der Waals surface area contributed by atoms with E-state index in [4.69, 9.17) is 29.2 Å². The molecule has 0 aliphatic heterocycles. The highest BCUT2D eigenvalue weighted by atomic mass is 16.6. The highest BCUT2D eigenvalue weighted by molar-refractivity contribution is 5.81. The van der Waals surface area contributed by atoms with Crippen molar-refractivity contribution in [3.8, 4) is 0 Å². The number of aliphatic hydroxyl groups excluding tert-OH is 2. The van der Waals surface area contributed by atoms with Crippen LogP contribution in [0.1, 0.15) is 117 Å². The maximum Gasteiger partial charge on any atom is 0.344 e. The maximum absolute atomic E-state index is 12.7. The molecule has 228 valence electrons. The molecule has 0 amide bonds. The van der Waals surface area contributed by atoms with Gasteiger partial charge in [0.05, 0.1) is 6.61 Å². The van der Waals surface area contributed by atoms with Gasteiger partial charge in [-0.15, -0.1) is 0 Å². The fourth-order valence-corrected chi connectivity index (χ4v) is 4.02. The lowest BCUT2D eigenvalue weighted by Gasteiger charge is -2.29. The van der Waals surface area contributed by atoms with Gasteiger partial charge in [-0.3, -0.25) is 4.79 Å². The van der Waals surface area contributed by atoms with E-state index in [1.165, 1.54) is 77.0 Å². The third-order valence-corrected chi connectivity index (χ3v) is 6.72. The molecule has 0 bridgehead atoms. The molecule has 0 saturated carbocycles. The molecule has 0 heterocycles. The predicted octanol–water partition coefficient (Wildman–Crippen LogP) is 4.41. The molecule has 39 heavy (non-hydrogen) atoms. The van der Waals surface area contributed by atoms with Gasteiger partial charge in [0.15, 0.2) is 6.61 Å². The van der Waals surface area contributed by atoms with Crippen molar-refractivity contribution in [3.63, 3.8) is 0 Å². The second-order valence-electron chi connectivity index (χ2n) is 10.0. The lowest BCUT2D eigenvalue weighted by molar-refractivity contribution is -0.178. The molecule has 0 spiro atoms. The first-order chi connectivity index (χ1) is 18.8. The number of hydrogen-bond acceptors (Lipinski definition) is 10. The van der Waals surface area contributed by atoms with Crippen molar-refractivity contribution in [1.82, 2.24) is 0 Å². The summed E-state index contributed by atoms with van der Waals surface area (Å²) in [4.78, 5) is 47.4. The zero-order chi connectivity index (χ0) is 29.2. The molecule has 10 nitrogen and oxygen atoms in total. The Morgan fingerprint density at radius 2 is 0.949 bits per heavy atom. The molecular weight excluding hydrogens is 508 g/mol. The van der Waals surface area contributed by atoms with Crippen LogP contribution in [0.5, 0.6) is 0 Å². The summed E-state index contributed by atoms with van der Waals surface area (Å²) in [6, 6.07) is 0. The van der Waals surface area contributed by atoms with E-state index in [-0.39, 0.29) is 13.0 Å². The minimum Gasteiger partial charge on any atom is -0.463 e. The number of carbonyl (C=O) groups excluding carboxylic acids is 4. The molecule has 0 aromatic rings. The van der Waals surface area contributed by atoms with Gasteiger partial charge in [-0.25, -0.2) is 14.4 Å². The van der Waals surface area contributed by atoms with Crippen LogP contribution in [-0.2, 0) is 38.1 Å². The normalized spacial score (nSPS) is 11.2. The second-order valence-corrected chi connectivity index (χ2v) is 10.0. The Labute approximate surface area is 234 Å². The molecule has 0 aromatic heterocycles. The number of rotatable bonds is 26. The average Bonchev–Trinajstić information content (AvgIpc) is 2.95. The first-order valence-electron chi connectivity index (χ1n) is 14.7. The van der Waals surface area contributed by atoms with Gasteiger partial charge in [0.1, 0.15) is 31.8 Å². The summed E-state index contributed by atoms with van der Waals surface area (Å²) < 4.78 is 19.9. The quantitative estimate of drug-likeness (QED) is 0.0886. The number of esters is 4. The van der Waals surface area contributed by atoms with Crippen LogP contribution in [0.2, 0.25) is 0 Å². The monoisotopic (exact) mass is 560 g/mol. The minimum atomic E-state index is -1.59. The highest BCUT2D eigenvalue weighted by Crippen LogP contribution is 2.26. The number of ether oxygens (including phenoxy) is 4. The lowest BCUT2D eigenvalue weighted by Crippen LogP contribution is -2.43. The van der Waals surface area contributed by atoms with Crippen molar-refractivity contribution >= 4 is 23.9 Å². The predicted molar refractivity (Wildman–Crippen MR) is 146 cm³/mol. The first-order valence-corrected chi connectivity index (χ1v) is 14.7. The fourth-order valence-electron chi connectivity index (χ4n) is 4.02. The van der Waals surface area contributed by atoms with Crippen LogP contribution in [0.25, 0.3) is 0 Å². The van der Waals surface area contributed by atoms with E-state index in [2.05, 4.69) is 6.92 Å². The van der Waals surface area contributed by atoms with Gasteiger partial charge < -0.3 is 29.2 Å². The van der Waals surface area contributed by atoms with Gasteiger partial charge in [0.2, 0.25) is 0 Å². The molecule has 0 fully saturated rings. The van der Waals surface area contributed by atoms with E-state index < -0.39 is 62.3 Å². The third-order valence-electron chi connectivity index (χ3n) is 6.72. The zero-order valence-corrected chi connectivity index (χ0v) is 24.2. The Balaban J connectivity index is 4.03. The summed E-state index contributed by atoms with van der Waals surface area (Å²) in [5.41, 5.74) is -1.59. The van der Waals surface area contributed by atoms with E-state index in [0.29, 0.717) is 0 Å². The van der Waals surface area contributed by atoms with Crippen molar-refractivity contribution in [1.29, 1.82) is 0 Å². The van der Waals surface area contributed by atoms with E-state index in [1.807, 2.05) is 0 Å². The summed E-state index contributed by atoms with van der Waals surface area (Å²) in [6.07, 6.45) is 18.6. The van der Waals surface area contributed by atoms with Crippen molar-refractivity contribution in [2.75, 3.05) is 39.6 Å². The van der Waals surface area contributed by atoms with Gasteiger partial charge in [-0.1, -0.05) is 104 Å². The van der Waals surface area contributed by atoms with Crippen LogP contribution in [0.3, 0.4) is 0 Å². The van der Waals surface area contributed by atoms with Crippen molar-refractivity contribution in [2.45, 2.75) is 117 Å². The van der Waals surface area contributed by atoms with Gasteiger partial charge in [0.25, 0.3) is 0 Å². The number of unbranched alkanes of at least 4 members (excludes halogenated alkanes) is 14. The standard InChI is InChI=1S/C29H52O10/c1-3-5-6-7-8-9-10-11-12-13-14-15-16-17-18-19-36-27(34)22-37-28(35)29(4-2,23-38-25(32)20-30)24-39-26(33)21-31/h30-31H,3-24H2,1-2H3. The summed E-state index contributed by atoms with van der Waals surface area (Å²) in [7, 11) is 0. The van der Waals surface area contributed by atoms with E-state index >= 15 is 0 Å². The van der Waals surface area contributed by atoms with Gasteiger partial charge >= 0.3 is 23.9 Å². The maximum atomic E-state index is 12.7. The molecule has 0 atom stereocenters. The van der Waals surface area contributed by atoms with Crippen LogP contribution in [-0.4, -0.2) is 73.7 Å². The van der Waals surface area contributed by atoms with Gasteiger partial charge in [-0.2, -0.15) is 0 Å². The molecule has 0 aliphatic rings. The van der Waals surface area contributed by atoms with E-state index in [1.54, 1.807) is 6.92 Å². The van der Waals surface area contributed by atoms with E-state index in [0.717, 1.165) is 19.3 Å². The van der Waals surface area contributed by atoms with Crippen LogP contribution in [0.15, 0.2) is 0 Å². The van der Waals surface area contributed by atoms with Crippen LogP contribution < -0.4 is 0 Å². The lowest BCUT2D eigenvalue weighted by atomic mass is 9.87. The average molecular weight is 561 g/mol. The molecule has 0 radical (unpaired) electrons. The minimum absolute atomic E-state index is 0.0391. The Morgan fingerprint density at radius 1 is 0.538 bits per heavy atom. The SMILES string of the molecule is CCCCCCCCCCCCCCCCCOC(=O)COC(=O)C(CC)(COC(=O)CO)COC(=O)CO. The summed E-state index contributed by atoms with van der Waals surface area (Å²) >= 11 is 0. The first kappa shape index (κ1) is 36.8. The van der Waals surface area contributed by atoms with E-state index in [9.17, 15) is 19.2 Å². The molecule has 0 unspecified atom stereocenters. The Morgan fingerprint density at radius 3 is 1.33 bits per heavy atom. The largest absolute Gasteiger partial charge is 0.463 e. The molecule has 0 aliphatic carbocycles. The summed E-state index contributed by atoms with van der Waals surface area (Å²) in [5, 5.41) is 17.7. The number of aliphatic hydroxyl groups is 2. The topological polar surface area (TPSA) is 146 Å². The van der Waals surface area contributed by atoms with Crippen molar-refractivity contribution < 1.29 is 48.3 Å². The molecule has 0 aromatic carbocycles. The molecular formula is C29H52O10. The zero-order valence-electron chi connectivity index (χ0n) is 24.2. The Kier molecular flexibility index (Phi) is 23.4. The second kappa shape index (κ2) is 24.8. The summed E-state index contributed by atoms with van der Waals surface area (Å²) in [5.74, 6) is -3.59. The van der Waals surface area contributed by atoms with Crippen LogP contribution in [0, 0.1) is 5.41 Å². The van der Waals surface area contributed by atoms with Crippen LogP contribution in [0.4, 0.5) is 0 Å². The molecule has 10 heteroatoms.